The van der Waals surface area contributed by atoms with Crippen LogP contribution in [0.5, 0.6) is 0 Å². The summed E-state index contributed by atoms with van der Waals surface area (Å²) in [6, 6.07) is 0. The second-order valence-electron chi connectivity index (χ2n) is 0.152. The molecule has 0 fully saturated rings. The van der Waals surface area contributed by atoms with Crippen LogP contribution in [0.3, 0.4) is 0 Å². The van der Waals surface area contributed by atoms with Crippen LogP contribution in [0.4, 0.5) is 0 Å². The van der Waals surface area contributed by atoms with E-state index in [-0.39, 0.29) is 40.8 Å². The summed E-state index contributed by atoms with van der Waals surface area (Å²) in [6.45, 7) is 0. The second kappa shape index (κ2) is 6.74. The third-order valence-electron chi connectivity index (χ3n) is 0. The molecule has 0 radical (unpaired) electrons. The molecule has 0 bridgehead atoms. The Morgan fingerprint density at radius 2 is 1.00 bits per heavy atom. The quantitative estimate of drug-likeness (QED) is 0.601. The van der Waals surface area contributed by atoms with Crippen molar-refractivity contribution in [2.24, 2.45) is 0 Å². The van der Waals surface area contributed by atoms with Gasteiger partial charge < -0.3 is 0 Å². The molecule has 0 aliphatic rings. The molecule has 0 atom stereocenters. The molecule has 0 nitrogen and oxygen atoms in total. The van der Waals surface area contributed by atoms with E-state index in [1.165, 1.54) is 0 Å². The molecular weight excluding hydrogens is 306 g/mol. The first-order chi connectivity index (χ1) is 1.73. The van der Waals surface area contributed by atoms with Crippen LogP contribution in [0.2, 0.25) is 0 Å². The first kappa shape index (κ1) is 10.7. The first-order valence-corrected chi connectivity index (χ1v) is 4.96. The fraction of sp³-hybridized carbons (Fsp3) is 0. The normalized spacial score (nSPS) is 9.00. The fourth-order valence-corrected chi connectivity index (χ4v) is 0. The van der Waals surface area contributed by atoms with Crippen LogP contribution in [0.15, 0.2) is 0 Å². The number of rotatable bonds is 0. The Morgan fingerprint density at radius 3 is 1.00 bits per heavy atom. The zero-order valence-electron chi connectivity index (χ0n) is 1.99. The van der Waals surface area contributed by atoms with Crippen LogP contribution in [0.25, 0.3) is 0 Å². The van der Waals surface area contributed by atoms with Gasteiger partial charge in [0.2, 0.25) is 0 Å². The van der Waals surface area contributed by atoms with Crippen molar-refractivity contribution in [1.29, 1.82) is 0 Å². The van der Waals surface area contributed by atoms with Crippen molar-refractivity contribution in [3.63, 3.8) is 0 Å². The van der Waals surface area contributed by atoms with Gasteiger partial charge in [-0.1, -0.05) is 0 Å². The topological polar surface area (TPSA) is 0 Å². The predicted molar refractivity (Wildman–Crippen MR) is 17.6 cm³/mol. The summed E-state index contributed by atoms with van der Waals surface area (Å²) < 4.78 is 0. The van der Waals surface area contributed by atoms with Gasteiger partial charge in [0.15, 0.2) is 0 Å². The van der Waals surface area contributed by atoms with E-state index in [4.69, 9.17) is 30.3 Å². The third-order valence-corrected chi connectivity index (χ3v) is 0. The maximum absolute atomic E-state index is 4.89. The van der Waals surface area contributed by atoms with Crippen LogP contribution in [-0.4, -0.2) is 0 Å². The van der Waals surface area contributed by atoms with Gasteiger partial charge in [0.05, 0.1) is 0 Å². The van der Waals surface area contributed by atoms with Gasteiger partial charge in [-0.05, 0) is 0 Å². The molecule has 0 amide bonds. The summed E-state index contributed by atoms with van der Waals surface area (Å²) in [6.07, 6.45) is 0. The molecular formula is Cl3FeNd. The van der Waals surface area contributed by atoms with Crippen molar-refractivity contribution in [3.8, 4) is 0 Å². The van der Waals surface area contributed by atoms with Crippen molar-refractivity contribution in [3.05, 3.63) is 0 Å². The van der Waals surface area contributed by atoms with Gasteiger partial charge in [0, 0.05) is 40.8 Å². The average Bonchev–Trinajstić information content (AvgIpc) is 0.811. The van der Waals surface area contributed by atoms with Crippen LogP contribution < -0.4 is 0 Å². The first-order valence-electron chi connectivity index (χ1n) is 0.401. The summed E-state index contributed by atoms with van der Waals surface area (Å²) in [5.74, 6) is 0. The second-order valence-corrected chi connectivity index (χ2v) is 5.62. The smallest absolute Gasteiger partial charge is 0 e. The van der Waals surface area contributed by atoms with Gasteiger partial charge in [-0.3, -0.25) is 0 Å². The van der Waals surface area contributed by atoms with E-state index in [0.717, 1.165) is 0 Å². The van der Waals surface area contributed by atoms with Crippen LogP contribution in [0.1, 0.15) is 0 Å². The molecule has 0 N–H and O–H groups in total. The van der Waals surface area contributed by atoms with Gasteiger partial charge in [0.1, 0.15) is 0 Å². The van der Waals surface area contributed by atoms with E-state index in [1.54, 1.807) is 0 Å². The molecule has 0 aromatic carbocycles. The summed E-state index contributed by atoms with van der Waals surface area (Å²) in [5, 5.41) is 0. The Morgan fingerprint density at radius 1 is 1.00 bits per heavy atom. The summed E-state index contributed by atoms with van der Waals surface area (Å²) in [7, 11) is 14.7. The van der Waals surface area contributed by atoms with E-state index in [9.17, 15) is 0 Å². The molecule has 0 aromatic rings. The molecule has 0 aromatic heterocycles. The number of halogens is 3. The minimum absolute atomic E-state index is 0. The SMILES string of the molecule is [Cl][Fe]([Cl])[Cl].[Nd]. The van der Waals surface area contributed by atoms with Crippen molar-refractivity contribution < 1.29 is 52.0 Å². The van der Waals surface area contributed by atoms with E-state index in [2.05, 4.69) is 0 Å². The predicted octanol–water partition coefficient (Wildman–Crippen LogP) is 2.07. The minimum Gasteiger partial charge on any atom is 0 e. The molecule has 0 aliphatic heterocycles. The van der Waals surface area contributed by atoms with Gasteiger partial charge in [-0.2, -0.15) is 0 Å². The Hall–Kier alpha value is 2.74. The Balaban J connectivity index is 0. The molecule has 0 aliphatic carbocycles. The van der Waals surface area contributed by atoms with E-state index < -0.39 is 11.2 Å². The van der Waals surface area contributed by atoms with Crippen LogP contribution in [0, 0.1) is 40.8 Å². The summed E-state index contributed by atoms with van der Waals surface area (Å²) in [4.78, 5) is 0. The zero-order chi connectivity index (χ0) is 3.58. The largest absolute Gasteiger partial charge is 0 e. The van der Waals surface area contributed by atoms with E-state index >= 15 is 0 Å². The Bertz CT molecular complexity index is 11.6. The molecule has 5 heteroatoms. The molecule has 0 rings (SSSR count). The number of hydrogen-bond donors (Lipinski definition) is 0. The van der Waals surface area contributed by atoms with Crippen molar-refractivity contribution in [2.45, 2.75) is 0 Å². The van der Waals surface area contributed by atoms with Gasteiger partial charge in [-0.15, -0.1) is 0 Å². The molecule has 0 spiro atoms. The maximum atomic E-state index is 4.89. The Labute approximate surface area is 80.6 Å². The molecule has 0 unspecified atom stereocenters. The van der Waals surface area contributed by atoms with Crippen LogP contribution in [-0.2, 0) is 11.2 Å². The fourth-order valence-electron chi connectivity index (χ4n) is 0. The molecule has 0 saturated carbocycles. The molecule has 33 valence electrons. The molecule has 0 heterocycles. The molecule has 5 heavy (non-hydrogen) atoms. The van der Waals surface area contributed by atoms with Crippen molar-refractivity contribution in [1.82, 2.24) is 0 Å². The average molecular weight is 306 g/mol. The zero-order valence-corrected chi connectivity index (χ0v) is 8.57. The Kier molecular flexibility index (Phi) is 14.4. The van der Waals surface area contributed by atoms with Gasteiger partial charge in [-0.25, -0.2) is 0 Å². The monoisotopic (exact) mass is 303 g/mol. The van der Waals surface area contributed by atoms with Gasteiger partial charge >= 0.3 is 41.5 Å². The standard InChI is InChI=1S/3ClH.Fe.Nd/h3*1H;;/q;;;+3;/p-3. The summed E-state index contributed by atoms with van der Waals surface area (Å²) in [5.41, 5.74) is 0. The van der Waals surface area contributed by atoms with Crippen molar-refractivity contribution >= 4 is 30.3 Å². The van der Waals surface area contributed by atoms with E-state index in [1.807, 2.05) is 0 Å². The number of hydrogen-bond acceptors (Lipinski definition) is 0. The minimum atomic E-state index is -1.33. The van der Waals surface area contributed by atoms with Crippen LogP contribution >= 0.6 is 30.3 Å². The van der Waals surface area contributed by atoms with E-state index in [0.29, 0.717) is 0 Å². The van der Waals surface area contributed by atoms with Gasteiger partial charge in [0.25, 0.3) is 0 Å². The maximum Gasteiger partial charge on any atom is 0 e. The third kappa shape index (κ3) is 20.2. The van der Waals surface area contributed by atoms with Crippen molar-refractivity contribution in [2.75, 3.05) is 0 Å². The summed E-state index contributed by atoms with van der Waals surface area (Å²) >= 11 is -1.33. The molecule has 0 saturated heterocycles.